The van der Waals surface area contributed by atoms with E-state index in [0.29, 0.717) is 0 Å². The van der Waals surface area contributed by atoms with Gasteiger partial charge in [-0.1, -0.05) is 0 Å². The van der Waals surface area contributed by atoms with Gasteiger partial charge in [0, 0.05) is 13.1 Å². The number of hydrogen-bond donors (Lipinski definition) is 0. The highest BCUT2D eigenvalue weighted by Crippen LogP contribution is 2.31. The second-order valence-electron chi connectivity index (χ2n) is 2.88. The van der Waals surface area contributed by atoms with Crippen molar-refractivity contribution in [3.63, 3.8) is 0 Å². The predicted octanol–water partition coefficient (Wildman–Crippen LogP) is 1.24. The quantitative estimate of drug-likeness (QED) is 0.472. The van der Waals surface area contributed by atoms with E-state index in [4.69, 9.17) is 0 Å². The van der Waals surface area contributed by atoms with Gasteiger partial charge in [0.2, 0.25) is 5.75 Å². The maximum absolute atomic E-state index is 12.1. The van der Waals surface area contributed by atoms with E-state index >= 15 is 0 Å². The van der Waals surface area contributed by atoms with Crippen molar-refractivity contribution < 1.29 is 35.3 Å². The molecule has 0 atom stereocenters. The standard InChI is InChI=1S/C8H6F3NO5S/c1-5(13)16-7-6(3-2-4-12-7)17-18(14,15)8(9,10)11/h2-4H,1H3. The average molecular weight is 285 g/mol. The lowest BCUT2D eigenvalue weighted by Crippen LogP contribution is -2.28. The van der Waals surface area contributed by atoms with E-state index in [1.165, 1.54) is 0 Å². The Morgan fingerprint density at radius 1 is 1.39 bits per heavy atom. The molecule has 0 aliphatic rings. The molecule has 6 nitrogen and oxygen atoms in total. The molecule has 0 saturated carbocycles. The first-order valence-corrected chi connectivity index (χ1v) is 5.68. The smallest absolute Gasteiger partial charge is 0.403 e. The molecule has 1 heterocycles. The van der Waals surface area contributed by atoms with E-state index in [1.54, 1.807) is 0 Å². The van der Waals surface area contributed by atoms with Crippen LogP contribution in [0.4, 0.5) is 13.2 Å². The van der Waals surface area contributed by atoms with Crippen LogP contribution in [0.1, 0.15) is 6.92 Å². The molecule has 0 aliphatic heterocycles. The number of halogens is 3. The number of ether oxygens (including phenoxy) is 1. The number of rotatable bonds is 3. The molecule has 18 heavy (non-hydrogen) atoms. The van der Waals surface area contributed by atoms with Crippen molar-refractivity contribution in [1.82, 2.24) is 4.98 Å². The second-order valence-corrected chi connectivity index (χ2v) is 4.42. The minimum absolute atomic E-state index is 0.669. The summed E-state index contributed by atoms with van der Waals surface area (Å²) < 4.78 is 65.9. The lowest BCUT2D eigenvalue weighted by molar-refractivity contribution is -0.132. The third-order valence-corrected chi connectivity index (χ3v) is 2.43. The van der Waals surface area contributed by atoms with Gasteiger partial charge in [0.25, 0.3) is 5.88 Å². The summed E-state index contributed by atoms with van der Waals surface area (Å²) in [7, 11) is -5.84. The molecule has 0 fully saturated rings. The van der Waals surface area contributed by atoms with E-state index in [2.05, 4.69) is 13.9 Å². The van der Waals surface area contributed by atoms with Gasteiger partial charge >= 0.3 is 21.6 Å². The zero-order valence-electron chi connectivity index (χ0n) is 8.76. The van der Waals surface area contributed by atoms with Crippen LogP contribution in [0, 0.1) is 0 Å². The molecule has 1 rings (SSSR count). The minimum atomic E-state index is -5.84. The predicted molar refractivity (Wildman–Crippen MR) is 51.1 cm³/mol. The Morgan fingerprint density at radius 3 is 2.50 bits per heavy atom. The van der Waals surface area contributed by atoms with Crippen molar-refractivity contribution in [2.75, 3.05) is 0 Å². The van der Waals surface area contributed by atoms with Crippen molar-refractivity contribution in [3.8, 4) is 11.6 Å². The summed E-state index contributed by atoms with van der Waals surface area (Å²) in [6.07, 6.45) is 1.09. The van der Waals surface area contributed by atoms with Crippen LogP contribution in [-0.4, -0.2) is 24.9 Å². The van der Waals surface area contributed by atoms with Gasteiger partial charge in [-0.3, -0.25) is 4.79 Å². The summed E-state index contributed by atoms with van der Waals surface area (Å²) in [6.45, 7) is 0.969. The molecule has 0 bridgehead atoms. The SMILES string of the molecule is CC(=O)Oc1ncccc1OS(=O)(=O)C(F)(F)F. The molecule has 0 spiro atoms. The zero-order chi connectivity index (χ0) is 14.0. The summed E-state index contributed by atoms with van der Waals surface area (Å²) in [5.74, 6) is -2.38. The number of pyridine rings is 1. The van der Waals surface area contributed by atoms with Crippen LogP contribution < -0.4 is 8.92 Å². The summed E-state index contributed by atoms with van der Waals surface area (Å²) in [5, 5.41) is 0. The lowest BCUT2D eigenvalue weighted by Gasteiger charge is -2.11. The molecule has 0 saturated heterocycles. The molecule has 10 heteroatoms. The maximum Gasteiger partial charge on any atom is 0.534 e. The fourth-order valence-corrected chi connectivity index (χ4v) is 1.28. The number of hydrogen-bond acceptors (Lipinski definition) is 6. The van der Waals surface area contributed by atoms with Crippen LogP contribution in [-0.2, 0) is 14.9 Å². The van der Waals surface area contributed by atoms with Crippen molar-refractivity contribution in [1.29, 1.82) is 0 Å². The van der Waals surface area contributed by atoms with Crippen molar-refractivity contribution in [3.05, 3.63) is 18.3 Å². The zero-order valence-corrected chi connectivity index (χ0v) is 9.58. The molecule has 0 unspecified atom stereocenters. The van der Waals surface area contributed by atoms with Gasteiger partial charge in [0.15, 0.2) is 0 Å². The van der Waals surface area contributed by atoms with E-state index in [1.807, 2.05) is 0 Å². The molecule has 0 radical (unpaired) electrons. The molecule has 0 amide bonds. The number of carbonyl (C=O) groups is 1. The Morgan fingerprint density at radius 2 is 2.00 bits per heavy atom. The van der Waals surface area contributed by atoms with Crippen molar-refractivity contribution >= 4 is 16.1 Å². The fourth-order valence-electron chi connectivity index (χ4n) is 0.818. The molecule has 0 aliphatic carbocycles. The van der Waals surface area contributed by atoms with Gasteiger partial charge in [0.05, 0.1) is 0 Å². The molecule has 1 aromatic heterocycles. The first kappa shape index (κ1) is 14.2. The van der Waals surface area contributed by atoms with Crippen LogP contribution in [0.25, 0.3) is 0 Å². The van der Waals surface area contributed by atoms with Gasteiger partial charge in [0.1, 0.15) is 0 Å². The monoisotopic (exact) mass is 285 g/mol. The number of aromatic nitrogens is 1. The highest BCUT2D eigenvalue weighted by Gasteiger charge is 2.49. The van der Waals surface area contributed by atoms with E-state index < -0.39 is 33.2 Å². The molecular formula is C8H6F3NO5S. The fraction of sp³-hybridized carbons (Fsp3) is 0.250. The highest BCUT2D eigenvalue weighted by molar-refractivity contribution is 7.88. The minimum Gasteiger partial charge on any atom is -0.403 e. The van der Waals surface area contributed by atoms with Gasteiger partial charge in [-0.25, -0.2) is 4.98 Å². The first-order chi connectivity index (χ1) is 8.13. The van der Waals surface area contributed by atoms with Gasteiger partial charge < -0.3 is 8.92 Å². The van der Waals surface area contributed by atoms with Crippen LogP contribution in [0.5, 0.6) is 11.6 Å². The van der Waals surface area contributed by atoms with E-state index in [0.717, 1.165) is 25.3 Å². The number of alkyl halides is 3. The highest BCUT2D eigenvalue weighted by atomic mass is 32.2. The van der Waals surface area contributed by atoms with Crippen LogP contribution in [0.2, 0.25) is 0 Å². The number of nitrogens with zero attached hydrogens (tertiary/aromatic N) is 1. The topological polar surface area (TPSA) is 82.6 Å². The summed E-state index contributed by atoms with van der Waals surface area (Å²) in [6, 6.07) is 1.99. The van der Waals surface area contributed by atoms with E-state index in [9.17, 15) is 26.4 Å². The van der Waals surface area contributed by atoms with Gasteiger partial charge in [-0.2, -0.15) is 21.6 Å². The van der Waals surface area contributed by atoms with Gasteiger partial charge in [-0.15, -0.1) is 0 Å². The third-order valence-electron chi connectivity index (χ3n) is 1.46. The van der Waals surface area contributed by atoms with Crippen LogP contribution >= 0.6 is 0 Å². The molecule has 0 N–H and O–H groups in total. The third kappa shape index (κ3) is 3.32. The second kappa shape index (κ2) is 4.80. The molecule has 0 aromatic carbocycles. The Balaban J connectivity index is 3.09. The largest absolute Gasteiger partial charge is 0.534 e. The van der Waals surface area contributed by atoms with Gasteiger partial charge in [-0.05, 0) is 12.1 Å². The Kier molecular flexibility index (Phi) is 3.79. The molecule has 100 valence electrons. The lowest BCUT2D eigenvalue weighted by atomic mass is 10.4. The molecule has 1 aromatic rings. The Bertz CT molecular complexity index is 554. The summed E-state index contributed by atoms with van der Waals surface area (Å²) in [5.41, 5.74) is -5.59. The molecular weight excluding hydrogens is 279 g/mol. The summed E-state index contributed by atoms with van der Waals surface area (Å²) in [4.78, 5) is 14.0. The van der Waals surface area contributed by atoms with Crippen LogP contribution in [0.3, 0.4) is 0 Å². The average Bonchev–Trinajstić information content (AvgIpc) is 2.18. The normalized spacial score (nSPS) is 12.0. The first-order valence-electron chi connectivity index (χ1n) is 4.27. The number of carbonyl (C=O) groups excluding carboxylic acids is 1. The Labute approximate surface area is 99.5 Å². The maximum atomic E-state index is 12.1. The van der Waals surface area contributed by atoms with Crippen LogP contribution in [0.15, 0.2) is 18.3 Å². The van der Waals surface area contributed by atoms with E-state index in [-0.39, 0.29) is 0 Å². The number of esters is 1. The Hall–Kier alpha value is -1.84. The van der Waals surface area contributed by atoms with Crippen molar-refractivity contribution in [2.45, 2.75) is 12.4 Å². The summed E-state index contributed by atoms with van der Waals surface area (Å²) >= 11 is 0. The van der Waals surface area contributed by atoms with Crippen molar-refractivity contribution in [2.24, 2.45) is 0 Å².